The number of morpholine rings is 1. The van der Waals surface area contributed by atoms with Gasteiger partial charge in [0.1, 0.15) is 5.82 Å². The highest BCUT2D eigenvalue weighted by Crippen LogP contribution is 2.39. The van der Waals surface area contributed by atoms with E-state index in [1.54, 1.807) is 0 Å². The van der Waals surface area contributed by atoms with Crippen LogP contribution in [0.1, 0.15) is 20.3 Å². The first-order valence-electron chi connectivity index (χ1n) is 14.0. The molecule has 0 radical (unpaired) electrons. The molecule has 228 valence electrons. The lowest BCUT2D eigenvalue weighted by atomic mass is 9.84. The summed E-state index contributed by atoms with van der Waals surface area (Å²) >= 11 is 0. The highest BCUT2D eigenvalue weighted by molar-refractivity contribution is 5.98. The molecule has 3 saturated heterocycles. The van der Waals surface area contributed by atoms with Gasteiger partial charge in [0.25, 0.3) is 0 Å². The number of likely N-dealkylation sites (N-methyl/N-ethyl adjacent to an activating group) is 1. The molecule has 3 aliphatic heterocycles. The Kier molecular flexibility index (Phi) is 8.56. The van der Waals surface area contributed by atoms with Crippen LogP contribution in [-0.4, -0.2) is 97.9 Å². The van der Waals surface area contributed by atoms with Gasteiger partial charge >= 0.3 is 6.18 Å². The van der Waals surface area contributed by atoms with Gasteiger partial charge in [0.2, 0.25) is 17.8 Å². The molecule has 0 aliphatic carbocycles. The van der Waals surface area contributed by atoms with Crippen LogP contribution in [0.2, 0.25) is 0 Å². The topological polar surface area (TPSA) is 103 Å². The number of carbonyl (C=O) groups is 2. The van der Waals surface area contributed by atoms with Crippen LogP contribution in [0, 0.1) is 17.7 Å². The van der Waals surface area contributed by atoms with Crippen LogP contribution in [0.15, 0.2) is 24.5 Å². The highest BCUT2D eigenvalue weighted by atomic mass is 19.4. The summed E-state index contributed by atoms with van der Waals surface area (Å²) in [4.78, 5) is 40.0. The lowest BCUT2D eigenvalue weighted by Gasteiger charge is -2.44. The second-order valence-electron chi connectivity index (χ2n) is 11.2. The Labute approximate surface area is 241 Å². The van der Waals surface area contributed by atoms with Gasteiger partial charge in [-0.2, -0.15) is 13.2 Å². The molecule has 2 amide bonds. The summed E-state index contributed by atoms with van der Waals surface area (Å²) in [5.41, 5.74) is 0.994. The van der Waals surface area contributed by atoms with E-state index in [2.05, 4.69) is 25.5 Å². The van der Waals surface area contributed by atoms with E-state index < -0.39 is 48.6 Å². The average Bonchev–Trinajstić information content (AvgIpc) is 2.96. The Bertz CT molecular complexity index is 1290. The van der Waals surface area contributed by atoms with Crippen molar-refractivity contribution in [2.24, 2.45) is 11.8 Å². The fourth-order valence-electron chi connectivity index (χ4n) is 5.76. The summed E-state index contributed by atoms with van der Waals surface area (Å²) in [7, 11) is 1.99. The molecular formula is C28H35F4N7O3. The summed E-state index contributed by atoms with van der Waals surface area (Å²) in [6.45, 7) is 6.99. The van der Waals surface area contributed by atoms with Gasteiger partial charge in [0.05, 0.1) is 36.4 Å². The Morgan fingerprint density at radius 1 is 1.07 bits per heavy atom. The number of alkyl halides is 3. The predicted molar refractivity (Wildman–Crippen MR) is 149 cm³/mol. The molecule has 3 aliphatic rings. The van der Waals surface area contributed by atoms with Crippen molar-refractivity contribution in [1.82, 2.24) is 20.2 Å². The van der Waals surface area contributed by atoms with E-state index in [1.807, 2.05) is 30.7 Å². The molecule has 0 saturated carbocycles. The van der Waals surface area contributed by atoms with Crippen molar-refractivity contribution in [3.8, 4) is 11.1 Å². The van der Waals surface area contributed by atoms with Gasteiger partial charge in [0, 0.05) is 74.7 Å². The summed E-state index contributed by atoms with van der Waals surface area (Å²) in [5.74, 6) is -5.42. The zero-order valence-corrected chi connectivity index (χ0v) is 23.7. The molecule has 1 aromatic heterocycles. The number of nitrogens with one attached hydrogen (secondary N) is 2. The number of aromatic nitrogens is 2. The van der Waals surface area contributed by atoms with Gasteiger partial charge in [-0.05, 0) is 33.0 Å². The largest absolute Gasteiger partial charge is 0.393 e. The van der Waals surface area contributed by atoms with E-state index in [1.165, 1.54) is 24.5 Å². The predicted octanol–water partition coefficient (Wildman–Crippen LogP) is 2.90. The fourth-order valence-corrected chi connectivity index (χ4v) is 5.76. The number of hydrogen-bond acceptors (Lipinski definition) is 8. The van der Waals surface area contributed by atoms with E-state index in [9.17, 15) is 22.8 Å². The van der Waals surface area contributed by atoms with Crippen LogP contribution >= 0.6 is 0 Å². The molecule has 10 nitrogen and oxygen atoms in total. The van der Waals surface area contributed by atoms with Crippen LogP contribution < -0.4 is 20.4 Å². The van der Waals surface area contributed by atoms with Crippen molar-refractivity contribution >= 4 is 29.1 Å². The number of amides is 2. The van der Waals surface area contributed by atoms with Crippen LogP contribution in [0.4, 0.5) is 34.9 Å². The summed E-state index contributed by atoms with van der Waals surface area (Å²) < 4.78 is 62.5. The van der Waals surface area contributed by atoms with Crippen molar-refractivity contribution in [2.45, 2.75) is 38.5 Å². The summed E-state index contributed by atoms with van der Waals surface area (Å²) in [6.07, 6.45) is -2.60. The highest BCUT2D eigenvalue weighted by Gasteiger charge is 2.50. The minimum absolute atomic E-state index is 0.0992. The maximum absolute atomic E-state index is 15.7. The van der Waals surface area contributed by atoms with E-state index in [0.717, 1.165) is 0 Å². The first-order valence-corrected chi connectivity index (χ1v) is 14.0. The quantitative estimate of drug-likeness (QED) is 0.511. The van der Waals surface area contributed by atoms with E-state index in [4.69, 9.17) is 4.74 Å². The van der Waals surface area contributed by atoms with Crippen LogP contribution in [0.3, 0.4) is 0 Å². The minimum atomic E-state index is -4.74. The van der Waals surface area contributed by atoms with Crippen LogP contribution in [-0.2, 0) is 14.3 Å². The van der Waals surface area contributed by atoms with Gasteiger partial charge in [-0.25, -0.2) is 14.4 Å². The van der Waals surface area contributed by atoms with E-state index in [-0.39, 0.29) is 23.3 Å². The Balaban J connectivity index is 1.49. The Morgan fingerprint density at radius 3 is 2.33 bits per heavy atom. The molecule has 2 aromatic rings. The second kappa shape index (κ2) is 12.0. The number of hydrogen-bond donors (Lipinski definition) is 2. The molecule has 2 unspecified atom stereocenters. The van der Waals surface area contributed by atoms with Crippen molar-refractivity contribution in [1.29, 1.82) is 0 Å². The molecule has 4 atom stereocenters. The van der Waals surface area contributed by atoms with E-state index in [0.29, 0.717) is 56.6 Å². The number of piperazine rings is 1. The Morgan fingerprint density at radius 2 is 1.71 bits per heavy atom. The molecule has 14 heteroatoms. The first-order chi connectivity index (χ1) is 19.9. The number of benzene rings is 1. The molecule has 42 heavy (non-hydrogen) atoms. The number of anilines is 3. The molecule has 5 rings (SSSR count). The smallest absolute Gasteiger partial charge is 0.378 e. The normalized spacial score (nSPS) is 25.7. The SMILES string of the molecule is C[C@H]1CN(c2cc(F)c(-c3cnc(N4CCOCC4)nc3)cc2NC(=O)C2CNC(=O)CC2C(F)(F)F)C[C@H](C)N1C. The van der Waals surface area contributed by atoms with Crippen LogP contribution in [0.25, 0.3) is 11.1 Å². The van der Waals surface area contributed by atoms with Crippen LogP contribution in [0.5, 0.6) is 0 Å². The lowest BCUT2D eigenvalue weighted by molar-refractivity contribution is -0.197. The van der Waals surface area contributed by atoms with Gasteiger partial charge in [0.15, 0.2) is 0 Å². The van der Waals surface area contributed by atoms with E-state index >= 15 is 4.39 Å². The van der Waals surface area contributed by atoms with Gasteiger partial charge in [-0.15, -0.1) is 0 Å². The number of rotatable bonds is 5. The summed E-state index contributed by atoms with van der Waals surface area (Å²) in [6, 6.07) is 2.93. The zero-order chi connectivity index (χ0) is 30.2. The third-order valence-electron chi connectivity index (χ3n) is 8.45. The Hall–Kier alpha value is -3.52. The zero-order valence-electron chi connectivity index (χ0n) is 23.7. The first kappa shape index (κ1) is 30.0. The van der Waals surface area contributed by atoms with Gasteiger partial charge < -0.3 is 25.2 Å². The minimum Gasteiger partial charge on any atom is -0.378 e. The van der Waals surface area contributed by atoms with Gasteiger partial charge in [-0.1, -0.05) is 0 Å². The molecule has 1 aromatic carbocycles. The molecule has 2 N–H and O–H groups in total. The monoisotopic (exact) mass is 593 g/mol. The number of ether oxygens (including phenoxy) is 1. The summed E-state index contributed by atoms with van der Waals surface area (Å²) in [5, 5.41) is 5.03. The fraction of sp³-hybridized carbons (Fsp3) is 0.571. The number of carbonyl (C=O) groups excluding carboxylic acids is 2. The number of piperidine rings is 1. The maximum atomic E-state index is 15.7. The van der Waals surface area contributed by atoms with Crippen molar-refractivity contribution < 1.29 is 31.9 Å². The van der Waals surface area contributed by atoms with Crippen molar-refractivity contribution in [3.05, 3.63) is 30.3 Å². The number of nitrogens with zero attached hydrogens (tertiary/aromatic N) is 5. The average molecular weight is 594 g/mol. The standard InChI is InChI=1S/C28H35F4N7O3/c1-16-14-39(15-17(2)37(16)3)24-10-22(29)19(18-11-34-27(35-12-18)38-4-6-42-7-5-38)8-23(24)36-26(41)20-13-33-25(40)9-21(20)28(30,31)32/h8,10-12,16-17,20-21H,4-7,9,13-15H2,1-3H3,(H,33,40)(H,36,41)/t16-,17-,20?,21?/m0/s1. The third-order valence-corrected chi connectivity index (χ3v) is 8.45. The van der Waals surface area contributed by atoms with Crippen molar-refractivity contribution in [2.75, 3.05) is 68.1 Å². The van der Waals surface area contributed by atoms with Crippen molar-refractivity contribution in [3.63, 3.8) is 0 Å². The second-order valence-corrected chi connectivity index (χ2v) is 11.2. The van der Waals surface area contributed by atoms with Gasteiger partial charge in [-0.3, -0.25) is 14.5 Å². The molecule has 0 spiro atoms. The number of halogens is 4. The molecular weight excluding hydrogens is 558 g/mol. The molecule has 4 heterocycles. The molecule has 3 fully saturated rings. The third kappa shape index (κ3) is 6.28. The lowest BCUT2D eigenvalue weighted by Crippen LogP contribution is -2.55. The maximum Gasteiger partial charge on any atom is 0.393 e. The molecule has 0 bridgehead atoms.